The fraction of sp³-hybridized carbons (Fsp3) is 0.0556. The van der Waals surface area contributed by atoms with Crippen LogP contribution in [0, 0.1) is 0 Å². The standard InChI is InChI=1S/C18H16N2O4/c1-24-18(23)14-3-2-4-15(11-14)20-16(21)10-7-12-5-8-13(9-6-12)17(19)22/h2-11H,1H3,(H2,19,22)(H,20,21)/b10-7+. The van der Waals surface area contributed by atoms with E-state index in [-0.39, 0.29) is 5.91 Å². The van der Waals surface area contributed by atoms with E-state index < -0.39 is 11.9 Å². The Morgan fingerprint density at radius 1 is 1.04 bits per heavy atom. The summed E-state index contributed by atoms with van der Waals surface area (Å²) in [6, 6.07) is 13.0. The molecule has 0 saturated carbocycles. The van der Waals surface area contributed by atoms with Gasteiger partial charge in [-0.3, -0.25) is 9.59 Å². The average molecular weight is 324 g/mol. The first-order valence-electron chi connectivity index (χ1n) is 7.07. The molecule has 0 spiro atoms. The highest BCUT2D eigenvalue weighted by Gasteiger charge is 2.06. The average Bonchev–Trinajstić information content (AvgIpc) is 2.59. The molecule has 0 heterocycles. The lowest BCUT2D eigenvalue weighted by atomic mass is 10.1. The Morgan fingerprint density at radius 3 is 2.38 bits per heavy atom. The minimum absolute atomic E-state index is 0.348. The van der Waals surface area contributed by atoms with Crippen LogP contribution in [-0.2, 0) is 9.53 Å². The lowest BCUT2D eigenvalue weighted by molar-refractivity contribution is -0.111. The molecule has 0 aliphatic carbocycles. The second-order valence-electron chi connectivity index (χ2n) is 4.88. The van der Waals surface area contributed by atoms with Crippen LogP contribution in [0.1, 0.15) is 26.3 Å². The molecule has 0 fully saturated rings. The monoisotopic (exact) mass is 324 g/mol. The summed E-state index contributed by atoms with van der Waals surface area (Å²) in [5, 5.41) is 2.65. The predicted molar refractivity (Wildman–Crippen MR) is 90.4 cm³/mol. The van der Waals surface area contributed by atoms with Gasteiger partial charge in [0.25, 0.3) is 0 Å². The van der Waals surface area contributed by atoms with E-state index >= 15 is 0 Å². The number of hydrogen-bond donors (Lipinski definition) is 2. The van der Waals surface area contributed by atoms with Crippen molar-refractivity contribution in [1.82, 2.24) is 0 Å². The summed E-state index contributed by atoms with van der Waals surface area (Å²) in [7, 11) is 1.29. The van der Waals surface area contributed by atoms with Crippen LogP contribution < -0.4 is 11.1 Å². The molecule has 6 nitrogen and oxygen atoms in total. The number of carbonyl (C=O) groups excluding carboxylic acids is 3. The van der Waals surface area contributed by atoms with Gasteiger partial charge in [0.1, 0.15) is 0 Å². The summed E-state index contributed by atoms with van der Waals surface area (Å²) in [5.41, 5.74) is 7.14. The maximum absolute atomic E-state index is 11.9. The number of anilines is 1. The number of nitrogens with one attached hydrogen (secondary N) is 1. The van der Waals surface area contributed by atoms with E-state index in [2.05, 4.69) is 10.1 Å². The molecule has 0 aliphatic heterocycles. The third-order valence-corrected chi connectivity index (χ3v) is 3.17. The van der Waals surface area contributed by atoms with Gasteiger partial charge in [-0.05, 0) is 42.0 Å². The molecule has 2 rings (SSSR count). The minimum atomic E-state index is -0.506. The van der Waals surface area contributed by atoms with Crippen molar-refractivity contribution < 1.29 is 19.1 Å². The molecule has 0 bridgehead atoms. The Labute approximate surface area is 138 Å². The molecule has 122 valence electrons. The number of benzene rings is 2. The van der Waals surface area contributed by atoms with Gasteiger partial charge < -0.3 is 15.8 Å². The topological polar surface area (TPSA) is 98.5 Å². The van der Waals surface area contributed by atoms with Crippen LogP contribution in [0.15, 0.2) is 54.6 Å². The smallest absolute Gasteiger partial charge is 0.337 e. The number of rotatable bonds is 5. The lowest BCUT2D eigenvalue weighted by Crippen LogP contribution is -2.10. The van der Waals surface area contributed by atoms with E-state index in [0.29, 0.717) is 16.8 Å². The summed E-state index contributed by atoms with van der Waals surface area (Å²) in [5.74, 6) is -1.33. The van der Waals surface area contributed by atoms with E-state index in [1.807, 2.05) is 0 Å². The van der Waals surface area contributed by atoms with Crippen molar-refractivity contribution in [1.29, 1.82) is 0 Å². The normalized spacial score (nSPS) is 10.4. The molecular formula is C18H16N2O4. The summed E-state index contributed by atoms with van der Waals surface area (Å²) in [6.45, 7) is 0. The fourth-order valence-electron chi connectivity index (χ4n) is 1.96. The molecule has 0 unspecified atom stereocenters. The number of hydrogen-bond acceptors (Lipinski definition) is 4. The molecule has 0 saturated heterocycles. The molecule has 2 aromatic rings. The molecule has 2 aromatic carbocycles. The van der Waals surface area contributed by atoms with Crippen LogP contribution in [0.4, 0.5) is 5.69 Å². The number of primary amides is 1. The zero-order valence-corrected chi connectivity index (χ0v) is 13.0. The van der Waals surface area contributed by atoms with Crippen molar-refractivity contribution in [3.8, 4) is 0 Å². The molecular weight excluding hydrogens is 308 g/mol. The molecule has 0 atom stereocenters. The van der Waals surface area contributed by atoms with Crippen LogP contribution >= 0.6 is 0 Å². The summed E-state index contributed by atoms with van der Waals surface area (Å²) in [6.07, 6.45) is 2.95. The SMILES string of the molecule is COC(=O)c1cccc(NC(=O)/C=C/c2ccc(C(N)=O)cc2)c1. The Kier molecular flexibility index (Phi) is 5.46. The first-order chi connectivity index (χ1) is 11.5. The van der Waals surface area contributed by atoms with Crippen LogP contribution in [0.3, 0.4) is 0 Å². The van der Waals surface area contributed by atoms with E-state index in [0.717, 1.165) is 5.56 Å². The molecule has 0 radical (unpaired) electrons. The van der Waals surface area contributed by atoms with Crippen LogP contribution in [0.25, 0.3) is 6.08 Å². The molecule has 6 heteroatoms. The Hall–Kier alpha value is -3.41. The highest BCUT2D eigenvalue weighted by atomic mass is 16.5. The van der Waals surface area contributed by atoms with Crippen molar-refractivity contribution in [2.75, 3.05) is 12.4 Å². The van der Waals surface area contributed by atoms with Gasteiger partial charge in [-0.25, -0.2) is 4.79 Å². The van der Waals surface area contributed by atoms with Gasteiger partial charge >= 0.3 is 5.97 Å². The molecule has 2 amide bonds. The third-order valence-electron chi connectivity index (χ3n) is 3.17. The number of methoxy groups -OCH3 is 1. The first-order valence-corrected chi connectivity index (χ1v) is 7.07. The van der Waals surface area contributed by atoms with Crippen molar-refractivity contribution in [2.24, 2.45) is 5.73 Å². The molecule has 3 N–H and O–H groups in total. The maximum atomic E-state index is 11.9. The highest BCUT2D eigenvalue weighted by molar-refractivity contribution is 6.02. The van der Waals surface area contributed by atoms with Gasteiger partial charge in [0.2, 0.25) is 11.8 Å². The molecule has 0 aliphatic rings. The second kappa shape index (κ2) is 7.73. The van der Waals surface area contributed by atoms with Crippen molar-refractivity contribution in [3.63, 3.8) is 0 Å². The number of carbonyl (C=O) groups is 3. The summed E-state index contributed by atoms with van der Waals surface area (Å²) >= 11 is 0. The Balaban J connectivity index is 2.02. The number of ether oxygens (including phenoxy) is 1. The Bertz CT molecular complexity index is 795. The molecule has 0 aromatic heterocycles. The van der Waals surface area contributed by atoms with Gasteiger partial charge in [0, 0.05) is 17.3 Å². The minimum Gasteiger partial charge on any atom is -0.465 e. The zero-order chi connectivity index (χ0) is 17.5. The quantitative estimate of drug-likeness (QED) is 0.651. The fourth-order valence-corrected chi connectivity index (χ4v) is 1.96. The lowest BCUT2D eigenvalue weighted by Gasteiger charge is -2.04. The van der Waals surface area contributed by atoms with Gasteiger partial charge in [-0.15, -0.1) is 0 Å². The van der Waals surface area contributed by atoms with Gasteiger partial charge in [0.05, 0.1) is 12.7 Å². The van der Waals surface area contributed by atoms with Crippen LogP contribution in [-0.4, -0.2) is 24.9 Å². The highest BCUT2D eigenvalue weighted by Crippen LogP contribution is 2.12. The number of esters is 1. The zero-order valence-electron chi connectivity index (χ0n) is 13.0. The number of nitrogens with two attached hydrogens (primary N) is 1. The number of amides is 2. The second-order valence-corrected chi connectivity index (χ2v) is 4.88. The Morgan fingerprint density at radius 2 is 1.75 bits per heavy atom. The van der Waals surface area contributed by atoms with Crippen molar-refractivity contribution in [2.45, 2.75) is 0 Å². The summed E-state index contributed by atoms with van der Waals surface area (Å²) in [4.78, 5) is 34.4. The van der Waals surface area contributed by atoms with Crippen LogP contribution in [0.2, 0.25) is 0 Å². The maximum Gasteiger partial charge on any atom is 0.337 e. The molecule has 24 heavy (non-hydrogen) atoms. The van der Waals surface area contributed by atoms with Crippen molar-refractivity contribution in [3.05, 3.63) is 71.3 Å². The van der Waals surface area contributed by atoms with Crippen molar-refractivity contribution >= 4 is 29.5 Å². The van der Waals surface area contributed by atoms with E-state index in [4.69, 9.17) is 5.73 Å². The summed E-state index contributed by atoms with van der Waals surface area (Å²) < 4.78 is 4.63. The van der Waals surface area contributed by atoms with Gasteiger partial charge in [-0.2, -0.15) is 0 Å². The predicted octanol–water partition coefficient (Wildman–Crippen LogP) is 2.22. The van der Waals surface area contributed by atoms with Gasteiger partial charge in [0.15, 0.2) is 0 Å². The van der Waals surface area contributed by atoms with Gasteiger partial charge in [-0.1, -0.05) is 18.2 Å². The van der Waals surface area contributed by atoms with E-state index in [1.54, 1.807) is 48.5 Å². The third kappa shape index (κ3) is 4.54. The largest absolute Gasteiger partial charge is 0.465 e. The van der Waals surface area contributed by atoms with Crippen LogP contribution in [0.5, 0.6) is 0 Å². The van der Waals surface area contributed by atoms with E-state index in [9.17, 15) is 14.4 Å². The van der Waals surface area contributed by atoms with E-state index in [1.165, 1.54) is 19.3 Å². The first kappa shape index (κ1) is 17.0.